The summed E-state index contributed by atoms with van der Waals surface area (Å²) in [6, 6.07) is 5.99. The minimum atomic E-state index is -1.57. The molecule has 0 bridgehead atoms. The van der Waals surface area contributed by atoms with E-state index in [0.717, 1.165) is 0 Å². The van der Waals surface area contributed by atoms with Crippen LogP contribution in [0.1, 0.15) is 13.3 Å². The number of aliphatic hydroxyl groups excluding tert-OH is 5. The molecule has 1 aromatic rings. The average molecular weight is 345 g/mol. The summed E-state index contributed by atoms with van der Waals surface area (Å²) in [4.78, 5) is 1.98. The Hall–Kier alpha value is -0.870. The van der Waals surface area contributed by atoms with Gasteiger partial charge in [0.15, 0.2) is 6.23 Å². The summed E-state index contributed by atoms with van der Waals surface area (Å²) in [5.41, 5.74) is 0. The first-order valence-corrected chi connectivity index (χ1v) is 7.91. The third kappa shape index (κ3) is 3.80. The minimum Gasteiger partial charge on any atom is -0.475 e. The first-order chi connectivity index (χ1) is 10.9. The second-order valence-electron chi connectivity index (χ2n) is 5.56. The van der Waals surface area contributed by atoms with Crippen LogP contribution < -0.4 is 4.74 Å². The van der Waals surface area contributed by atoms with E-state index in [1.54, 1.807) is 31.2 Å². The van der Waals surface area contributed by atoms with Gasteiger partial charge in [-0.2, -0.15) is 0 Å². The molecule has 0 amide bonds. The van der Waals surface area contributed by atoms with Crippen molar-refractivity contribution >= 4 is 12.6 Å². The molecule has 1 aliphatic heterocycles. The first kappa shape index (κ1) is 18.5. The van der Waals surface area contributed by atoms with Gasteiger partial charge >= 0.3 is 0 Å². The van der Waals surface area contributed by atoms with Crippen molar-refractivity contribution in [1.29, 1.82) is 0 Å². The van der Waals surface area contributed by atoms with Gasteiger partial charge in [-0.3, -0.25) is 0 Å². The van der Waals surface area contributed by atoms with Gasteiger partial charge in [-0.1, -0.05) is 13.0 Å². The fourth-order valence-corrected chi connectivity index (χ4v) is 3.02. The van der Waals surface area contributed by atoms with Crippen LogP contribution >= 0.6 is 12.6 Å². The minimum absolute atomic E-state index is 0.417. The molecule has 6 atom stereocenters. The number of hydrogen-bond acceptors (Lipinski definition) is 8. The Labute approximate surface area is 140 Å². The van der Waals surface area contributed by atoms with Gasteiger partial charge in [-0.25, -0.2) is 4.90 Å². The second kappa shape index (κ2) is 7.80. The molecule has 0 aliphatic carbocycles. The summed E-state index contributed by atoms with van der Waals surface area (Å²) >= 11 is 4.23. The maximum atomic E-state index is 10.3. The molecular formula is C15H23NO6S. The number of thiol groups is 1. The van der Waals surface area contributed by atoms with Crippen LogP contribution in [-0.2, 0) is 0 Å². The van der Waals surface area contributed by atoms with Gasteiger partial charge in [0.1, 0.15) is 30.3 Å². The third-order valence-corrected chi connectivity index (χ3v) is 4.32. The van der Waals surface area contributed by atoms with E-state index in [0.29, 0.717) is 17.1 Å². The number of rotatable bonds is 5. The molecular weight excluding hydrogens is 322 g/mol. The molecule has 8 heteroatoms. The standard InChI is InChI=1S/C15H23NO6S/c1-2-11(22-8-4-3-5-9(23)6-8)16-10(7-17)12(18)13(19)14(20)15(16)21/h3-6,10-15,17-21,23H,2,7H2,1H3/t10-,11?,12-,13+,14-,15?/m1/s1. The van der Waals surface area contributed by atoms with Crippen LogP contribution in [0.25, 0.3) is 0 Å². The summed E-state index contributed by atoms with van der Waals surface area (Å²) in [6.45, 7) is 1.30. The van der Waals surface area contributed by atoms with Gasteiger partial charge in [0, 0.05) is 4.90 Å². The van der Waals surface area contributed by atoms with Crippen molar-refractivity contribution in [2.45, 2.75) is 55.0 Å². The van der Waals surface area contributed by atoms with Crippen LogP contribution in [0.15, 0.2) is 29.2 Å². The Bertz CT molecular complexity index is 518. The molecule has 0 aromatic heterocycles. The largest absolute Gasteiger partial charge is 0.475 e. The van der Waals surface area contributed by atoms with Crippen molar-refractivity contribution in [3.63, 3.8) is 0 Å². The molecule has 0 spiro atoms. The maximum Gasteiger partial charge on any atom is 0.154 e. The summed E-state index contributed by atoms with van der Waals surface area (Å²) in [6.07, 6.45) is -6.30. The summed E-state index contributed by atoms with van der Waals surface area (Å²) in [7, 11) is 0. The van der Waals surface area contributed by atoms with Crippen LogP contribution in [0, 0.1) is 0 Å². The zero-order chi connectivity index (χ0) is 17.1. The van der Waals surface area contributed by atoms with E-state index in [4.69, 9.17) is 4.74 Å². The molecule has 130 valence electrons. The van der Waals surface area contributed by atoms with Crippen molar-refractivity contribution in [2.75, 3.05) is 6.61 Å². The number of ether oxygens (including phenoxy) is 1. The Morgan fingerprint density at radius 2 is 1.87 bits per heavy atom. The summed E-state index contributed by atoms with van der Waals surface area (Å²) in [5.74, 6) is 0.503. The van der Waals surface area contributed by atoms with E-state index >= 15 is 0 Å². The fraction of sp³-hybridized carbons (Fsp3) is 0.600. The van der Waals surface area contributed by atoms with Crippen LogP contribution in [0.5, 0.6) is 5.75 Å². The Kier molecular flexibility index (Phi) is 6.26. The molecule has 1 fully saturated rings. The van der Waals surface area contributed by atoms with Crippen LogP contribution in [0.4, 0.5) is 0 Å². The van der Waals surface area contributed by atoms with E-state index in [9.17, 15) is 25.5 Å². The predicted octanol–water partition coefficient (Wildman–Crippen LogP) is -0.832. The smallest absolute Gasteiger partial charge is 0.154 e. The van der Waals surface area contributed by atoms with Gasteiger partial charge in [0.2, 0.25) is 0 Å². The van der Waals surface area contributed by atoms with Crippen molar-refractivity contribution in [1.82, 2.24) is 4.90 Å². The van der Waals surface area contributed by atoms with Gasteiger partial charge < -0.3 is 30.3 Å². The van der Waals surface area contributed by atoms with E-state index < -0.39 is 43.4 Å². The average Bonchev–Trinajstić information content (AvgIpc) is 2.54. The van der Waals surface area contributed by atoms with E-state index in [1.807, 2.05) is 0 Å². The molecule has 5 N–H and O–H groups in total. The normalized spacial score (nSPS) is 33.4. The highest BCUT2D eigenvalue weighted by Crippen LogP contribution is 2.28. The van der Waals surface area contributed by atoms with Gasteiger partial charge in [0.05, 0.1) is 12.6 Å². The molecule has 23 heavy (non-hydrogen) atoms. The Balaban J connectivity index is 2.26. The Morgan fingerprint density at radius 3 is 2.43 bits per heavy atom. The molecule has 1 saturated heterocycles. The maximum absolute atomic E-state index is 10.3. The van der Waals surface area contributed by atoms with E-state index in [2.05, 4.69) is 12.6 Å². The van der Waals surface area contributed by atoms with Crippen molar-refractivity contribution in [3.05, 3.63) is 24.3 Å². The number of hydrogen-bond donors (Lipinski definition) is 6. The zero-order valence-corrected chi connectivity index (χ0v) is 13.6. The molecule has 1 aliphatic rings. The second-order valence-corrected chi connectivity index (χ2v) is 6.08. The topological polar surface area (TPSA) is 114 Å². The molecule has 7 nitrogen and oxygen atoms in total. The molecule has 2 unspecified atom stereocenters. The lowest BCUT2D eigenvalue weighted by Crippen LogP contribution is -2.70. The summed E-state index contributed by atoms with van der Waals surface area (Å²) in [5, 5.41) is 49.5. The SMILES string of the molecule is CCC(Oc1cccc(S)c1)N1C(O)[C@H](O)[C@@H](O)[C@H](O)[C@H]1CO. The first-order valence-electron chi connectivity index (χ1n) is 7.47. The highest BCUT2D eigenvalue weighted by Gasteiger charge is 2.49. The number of likely N-dealkylation sites (tertiary alicyclic amines) is 1. The van der Waals surface area contributed by atoms with E-state index in [-0.39, 0.29) is 0 Å². The van der Waals surface area contributed by atoms with Gasteiger partial charge in [0.25, 0.3) is 0 Å². The lowest BCUT2D eigenvalue weighted by molar-refractivity contribution is -0.252. The quantitative estimate of drug-likeness (QED) is 0.386. The highest BCUT2D eigenvalue weighted by molar-refractivity contribution is 7.80. The number of nitrogens with zero attached hydrogens (tertiary/aromatic N) is 1. The van der Waals surface area contributed by atoms with Crippen molar-refractivity contribution in [2.24, 2.45) is 0 Å². The van der Waals surface area contributed by atoms with Crippen LogP contribution in [0.3, 0.4) is 0 Å². The van der Waals surface area contributed by atoms with Crippen LogP contribution in [-0.4, -0.2) is 73.8 Å². The molecule has 1 aromatic carbocycles. The monoisotopic (exact) mass is 345 g/mol. The highest BCUT2D eigenvalue weighted by atomic mass is 32.1. The molecule has 1 heterocycles. The van der Waals surface area contributed by atoms with Gasteiger partial charge in [-0.05, 0) is 24.6 Å². The van der Waals surface area contributed by atoms with E-state index in [1.165, 1.54) is 4.90 Å². The summed E-state index contributed by atoms with van der Waals surface area (Å²) < 4.78 is 5.82. The Morgan fingerprint density at radius 1 is 1.17 bits per heavy atom. The van der Waals surface area contributed by atoms with Crippen molar-refractivity contribution < 1.29 is 30.3 Å². The molecule has 0 saturated carbocycles. The van der Waals surface area contributed by atoms with Gasteiger partial charge in [-0.15, -0.1) is 12.6 Å². The molecule has 0 radical (unpaired) electrons. The van der Waals surface area contributed by atoms with Crippen LogP contribution in [0.2, 0.25) is 0 Å². The lowest BCUT2D eigenvalue weighted by atomic mass is 9.92. The number of benzene rings is 1. The third-order valence-electron chi connectivity index (χ3n) is 4.05. The lowest BCUT2D eigenvalue weighted by Gasteiger charge is -2.49. The predicted molar refractivity (Wildman–Crippen MR) is 85.1 cm³/mol. The fourth-order valence-electron chi connectivity index (χ4n) is 2.81. The zero-order valence-electron chi connectivity index (χ0n) is 12.7. The van der Waals surface area contributed by atoms with Crippen molar-refractivity contribution in [3.8, 4) is 5.75 Å². The number of piperidine rings is 1. The number of aliphatic hydroxyl groups is 5. The molecule has 2 rings (SSSR count).